The lowest BCUT2D eigenvalue weighted by atomic mass is 9.71. The Hall–Kier alpha value is -0.540. The lowest BCUT2D eigenvalue weighted by molar-refractivity contribution is 0.0837. The van der Waals surface area contributed by atoms with E-state index >= 15 is 0 Å². The third kappa shape index (κ3) is 2.28. The Balaban J connectivity index is 2.66. The van der Waals surface area contributed by atoms with Crippen LogP contribution in [-0.2, 0) is 4.84 Å². The standard InChI is InChI=1S/C11H22N2O/c1-8-7-10(5-6-13-8)11(3,4)9(2)14-12/h8,10,13H,2,5-7,12H2,1,3-4H3. The summed E-state index contributed by atoms with van der Waals surface area (Å²) in [7, 11) is 0. The average molecular weight is 198 g/mol. The Bertz CT molecular complexity index is 213. The molecule has 0 spiro atoms. The molecule has 3 nitrogen and oxygen atoms in total. The van der Waals surface area contributed by atoms with Crippen molar-refractivity contribution in [1.29, 1.82) is 0 Å². The van der Waals surface area contributed by atoms with Crippen molar-refractivity contribution in [1.82, 2.24) is 5.32 Å². The van der Waals surface area contributed by atoms with Crippen LogP contribution in [0.15, 0.2) is 12.3 Å². The molecule has 3 N–H and O–H groups in total. The molecule has 1 heterocycles. The normalized spacial score (nSPS) is 28.6. The molecule has 82 valence electrons. The highest BCUT2D eigenvalue weighted by Crippen LogP contribution is 2.39. The molecule has 0 aromatic heterocycles. The van der Waals surface area contributed by atoms with Crippen LogP contribution in [-0.4, -0.2) is 12.6 Å². The highest BCUT2D eigenvalue weighted by molar-refractivity contribution is 5.03. The first kappa shape index (κ1) is 11.5. The van der Waals surface area contributed by atoms with Crippen LogP contribution in [0, 0.1) is 11.3 Å². The van der Waals surface area contributed by atoms with Gasteiger partial charge in [0.15, 0.2) is 0 Å². The summed E-state index contributed by atoms with van der Waals surface area (Å²) in [5.74, 6) is 6.48. The third-order valence-electron chi connectivity index (χ3n) is 3.51. The quantitative estimate of drug-likeness (QED) is 0.537. The van der Waals surface area contributed by atoms with Crippen molar-refractivity contribution >= 4 is 0 Å². The van der Waals surface area contributed by atoms with Crippen molar-refractivity contribution in [2.75, 3.05) is 6.54 Å². The lowest BCUT2D eigenvalue weighted by Crippen LogP contribution is -2.42. The molecule has 14 heavy (non-hydrogen) atoms. The minimum absolute atomic E-state index is 0.0227. The van der Waals surface area contributed by atoms with E-state index in [9.17, 15) is 0 Å². The zero-order valence-electron chi connectivity index (χ0n) is 9.47. The van der Waals surface area contributed by atoms with Crippen molar-refractivity contribution < 1.29 is 4.84 Å². The van der Waals surface area contributed by atoms with Gasteiger partial charge >= 0.3 is 0 Å². The van der Waals surface area contributed by atoms with Crippen molar-refractivity contribution in [3.05, 3.63) is 12.3 Å². The maximum absolute atomic E-state index is 5.18. The Kier molecular flexibility index (Phi) is 3.56. The summed E-state index contributed by atoms with van der Waals surface area (Å²) in [6.45, 7) is 11.5. The highest BCUT2D eigenvalue weighted by atomic mass is 16.6. The molecule has 0 bridgehead atoms. The minimum Gasteiger partial charge on any atom is -0.416 e. The highest BCUT2D eigenvalue weighted by Gasteiger charge is 2.36. The molecule has 1 aliphatic rings. The molecular formula is C11H22N2O. The van der Waals surface area contributed by atoms with Crippen LogP contribution >= 0.6 is 0 Å². The van der Waals surface area contributed by atoms with Crippen LogP contribution in [0.4, 0.5) is 0 Å². The van der Waals surface area contributed by atoms with Crippen LogP contribution in [0.2, 0.25) is 0 Å². The summed E-state index contributed by atoms with van der Waals surface area (Å²) in [4.78, 5) is 4.79. The molecule has 1 rings (SSSR count). The number of hydrogen-bond acceptors (Lipinski definition) is 3. The molecular weight excluding hydrogens is 176 g/mol. The number of piperidine rings is 1. The van der Waals surface area contributed by atoms with E-state index < -0.39 is 0 Å². The molecule has 1 aliphatic heterocycles. The zero-order chi connectivity index (χ0) is 10.8. The van der Waals surface area contributed by atoms with Crippen LogP contribution in [0.25, 0.3) is 0 Å². The second-order valence-electron chi connectivity index (χ2n) is 4.84. The third-order valence-corrected chi connectivity index (χ3v) is 3.51. The summed E-state index contributed by atoms with van der Waals surface area (Å²) in [5.41, 5.74) is -0.0227. The van der Waals surface area contributed by atoms with Gasteiger partial charge in [-0.25, -0.2) is 0 Å². The molecule has 0 aromatic rings. The molecule has 0 aromatic carbocycles. The zero-order valence-corrected chi connectivity index (χ0v) is 9.47. The topological polar surface area (TPSA) is 47.3 Å². The van der Waals surface area contributed by atoms with Gasteiger partial charge in [-0.3, -0.25) is 0 Å². The van der Waals surface area contributed by atoms with Gasteiger partial charge in [-0.2, -0.15) is 5.90 Å². The van der Waals surface area contributed by atoms with E-state index in [0.29, 0.717) is 17.7 Å². The molecule has 0 amide bonds. The molecule has 0 radical (unpaired) electrons. The van der Waals surface area contributed by atoms with E-state index in [2.05, 4.69) is 32.7 Å². The minimum atomic E-state index is -0.0227. The second-order valence-corrected chi connectivity index (χ2v) is 4.84. The van der Waals surface area contributed by atoms with Gasteiger partial charge in [0.1, 0.15) is 5.76 Å². The van der Waals surface area contributed by atoms with Gasteiger partial charge in [-0.05, 0) is 32.2 Å². The Morgan fingerprint density at radius 2 is 2.21 bits per heavy atom. The predicted molar refractivity (Wildman–Crippen MR) is 58.4 cm³/mol. The molecule has 1 saturated heterocycles. The van der Waals surface area contributed by atoms with Crippen molar-refractivity contribution in [2.24, 2.45) is 17.2 Å². The summed E-state index contributed by atoms with van der Waals surface area (Å²) < 4.78 is 0. The number of allylic oxidation sites excluding steroid dienone is 1. The monoisotopic (exact) mass is 198 g/mol. The van der Waals surface area contributed by atoms with Gasteiger partial charge in [-0.15, -0.1) is 0 Å². The largest absolute Gasteiger partial charge is 0.416 e. The smallest absolute Gasteiger partial charge is 0.122 e. The van der Waals surface area contributed by atoms with E-state index in [1.165, 1.54) is 6.42 Å². The van der Waals surface area contributed by atoms with E-state index in [1.807, 2.05) is 0 Å². The fraction of sp³-hybridized carbons (Fsp3) is 0.818. The molecule has 1 fully saturated rings. The molecule has 0 saturated carbocycles. The maximum Gasteiger partial charge on any atom is 0.122 e. The summed E-state index contributed by atoms with van der Waals surface area (Å²) in [6, 6.07) is 0.582. The van der Waals surface area contributed by atoms with Crippen molar-refractivity contribution in [3.8, 4) is 0 Å². The van der Waals surface area contributed by atoms with Crippen molar-refractivity contribution in [3.63, 3.8) is 0 Å². The molecule has 2 unspecified atom stereocenters. The number of nitrogens with one attached hydrogen (secondary N) is 1. The molecule has 0 aliphatic carbocycles. The number of rotatable bonds is 3. The van der Waals surface area contributed by atoms with Crippen LogP contribution < -0.4 is 11.2 Å². The van der Waals surface area contributed by atoms with Gasteiger partial charge in [0, 0.05) is 11.5 Å². The Morgan fingerprint density at radius 1 is 1.57 bits per heavy atom. The first-order chi connectivity index (χ1) is 6.48. The van der Waals surface area contributed by atoms with Gasteiger partial charge < -0.3 is 10.2 Å². The lowest BCUT2D eigenvalue weighted by Gasteiger charge is -2.39. The van der Waals surface area contributed by atoms with Crippen LogP contribution in [0.3, 0.4) is 0 Å². The fourth-order valence-electron chi connectivity index (χ4n) is 2.17. The first-order valence-corrected chi connectivity index (χ1v) is 5.28. The first-order valence-electron chi connectivity index (χ1n) is 5.28. The fourth-order valence-corrected chi connectivity index (χ4v) is 2.17. The Labute approximate surface area is 86.7 Å². The SMILES string of the molecule is C=C(ON)C(C)(C)C1CCNC(C)C1. The van der Waals surface area contributed by atoms with Gasteiger partial charge in [0.05, 0.1) is 0 Å². The summed E-state index contributed by atoms with van der Waals surface area (Å²) in [5, 5.41) is 3.44. The van der Waals surface area contributed by atoms with Crippen molar-refractivity contribution in [2.45, 2.75) is 39.7 Å². The van der Waals surface area contributed by atoms with Crippen LogP contribution in [0.1, 0.15) is 33.6 Å². The second kappa shape index (κ2) is 4.32. The van der Waals surface area contributed by atoms with Crippen LogP contribution in [0.5, 0.6) is 0 Å². The molecule has 2 atom stereocenters. The Morgan fingerprint density at radius 3 is 2.71 bits per heavy atom. The maximum atomic E-state index is 5.18. The van der Waals surface area contributed by atoms with Gasteiger partial charge in [-0.1, -0.05) is 20.4 Å². The number of hydrogen-bond donors (Lipinski definition) is 2. The van der Waals surface area contributed by atoms with Gasteiger partial charge in [0.25, 0.3) is 0 Å². The summed E-state index contributed by atoms with van der Waals surface area (Å²) >= 11 is 0. The summed E-state index contributed by atoms with van der Waals surface area (Å²) in [6.07, 6.45) is 2.33. The van der Waals surface area contributed by atoms with E-state index in [0.717, 1.165) is 13.0 Å². The van der Waals surface area contributed by atoms with E-state index in [4.69, 9.17) is 10.7 Å². The molecule has 3 heteroatoms. The van der Waals surface area contributed by atoms with Gasteiger partial charge in [0.2, 0.25) is 0 Å². The average Bonchev–Trinajstić information content (AvgIpc) is 2.16. The van der Waals surface area contributed by atoms with E-state index in [-0.39, 0.29) is 5.41 Å². The predicted octanol–water partition coefficient (Wildman–Crippen LogP) is 1.80. The number of nitrogens with two attached hydrogens (primary N) is 1. The van der Waals surface area contributed by atoms with E-state index in [1.54, 1.807) is 0 Å².